The minimum atomic E-state index is 0.105. The highest BCUT2D eigenvalue weighted by molar-refractivity contribution is 6.17. The number of nitrogens with one attached hydrogen (secondary N) is 1. The first kappa shape index (κ1) is 16.0. The van der Waals surface area contributed by atoms with Crippen LogP contribution in [0.25, 0.3) is 0 Å². The third kappa shape index (κ3) is 6.08. The largest absolute Gasteiger partial charge is 0.354 e. The summed E-state index contributed by atoms with van der Waals surface area (Å²) in [6.07, 6.45) is 2.31. The summed E-state index contributed by atoms with van der Waals surface area (Å²) in [5.41, 5.74) is 1.22. The van der Waals surface area contributed by atoms with Gasteiger partial charge in [0.15, 0.2) is 0 Å². The van der Waals surface area contributed by atoms with Crippen molar-refractivity contribution in [2.24, 2.45) is 0 Å². The molecule has 0 saturated carbocycles. The number of carbonyl (C=O) groups excluding carboxylic acids is 1. The number of hydrogen-bond acceptors (Lipinski definition) is 2. The molecule has 0 aromatic heterocycles. The van der Waals surface area contributed by atoms with E-state index in [4.69, 9.17) is 11.6 Å². The third-order valence-corrected chi connectivity index (χ3v) is 3.36. The van der Waals surface area contributed by atoms with Gasteiger partial charge in [0.2, 0.25) is 5.91 Å². The van der Waals surface area contributed by atoms with Crippen LogP contribution >= 0.6 is 11.6 Å². The van der Waals surface area contributed by atoms with E-state index < -0.39 is 0 Å². The fraction of sp³-hybridized carbons (Fsp3) is 0.533. The molecule has 0 fully saturated rings. The van der Waals surface area contributed by atoms with E-state index in [-0.39, 0.29) is 11.9 Å². The Morgan fingerprint density at radius 2 is 1.95 bits per heavy atom. The lowest BCUT2D eigenvalue weighted by atomic mass is 10.1. The molecule has 0 bridgehead atoms. The maximum atomic E-state index is 11.7. The molecule has 3 nitrogen and oxygen atoms in total. The monoisotopic (exact) mass is 282 g/mol. The van der Waals surface area contributed by atoms with Crippen molar-refractivity contribution in [2.45, 2.75) is 25.3 Å². The van der Waals surface area contributed by atoms with Crippen molar-refractivity contribution in [2.75, 3.05) is 26.5 Å². The number of likely N-dealkylation sites (N-methyl/N-ethyl adjacent to an activating group) is 1. The molecular formula is C15H23ClN2O. The van der Waals surface area contributed by atoms with Gasteiger partial charge in [-0.25, -0.2) is 0 Å². The molecule has 0 spiro atoms. The van der Waals surface area contributed by atoms with E-state index in [1.807, 2.05) is 32.3 Å². The first-order valence-corrected chi connectivity index (χ1v) is 7.22. The topological polar surface area (TPSA) is 32.3 Å². The normalized spacial score (nSPS) is 12.4. The number of halogens is 1. The lowest BCUT2D eigenvalue weighted by Gasteiger charge is -2.25. The van der Waals surface area contributed by atoms with Crippen molar-refractivity contribution in [3.05, 3.63) is 35.9 Å². The van der Waals surface area contributed by atoms with Crippen LogP contribution in [0, 0.1) is 0 Å². The zero-order valence-corrected chi connectivity index (χ0v) is 12.5. The fourth-order valence-electron chi connectivity index (χ4n) is 1.95. The van der Waals surface area contributed by atoms with Crippen molar-refractivity contribution >= 4 is 17.5 Å². The van der Waals surface area contributed by atoms with Crippen molar-refractivity contribution in [1.29, 1.82) is 0 Å². The van der Waals surface area contributed by atoms with Crippen LogP contribution in [-0.2, 0) is 4.79 Å². The number of alkyl halides is 1. The van der Waals surface area contributed by atoms with E-state index in [1.165, 1.54) is 5.56 Å². The summed E-state index contributed by atoms with van der Waals surface area (Å²) in [6.45, 7) is 0.636. The Balaban J connectivity index is 2.45. The van der Waals surface area contributed by atoms with Crippen LogP contribution in [0.15, 0.2) is 30.3 Å². The van der Waals surface area contributed by atoms with Gasteiger partial charge < -0.3 is 10.2 Å². The summed E-state index contributed by atoms with van der Waals surface area (Å²) < 4.78 is 0. The van der Waals surface area contributed by atoms with Gasteiger partial charge >= 0.3 is 0 Å². The molecule has 1 atom stereocenters. The average Bonchev–Trinajstić information content (AvgIpc) is 2.40. The molecule has 0 radical (unpaired) electrons. The highest BCUT2D eigenvalue weighted by Gasteiger charge is 2.14. The minimum absolute atomic E-state index is 0.105. The number of nitrogens with zero attached hydrogens (tertiary/aromatic N) is 1. The van der Waals surface area contributed by atoms with Crippen LogP contribution in [0.4, 0.5) is 0 Å². The molecule has 0 aliphatic heterocycles. The Labute approximate surface area is 120 Å². The molecule has 1 N–H and O–H groups in total. The van der Waals surface area contributed by atoms with Crippen LogP contribution in [0.1, 0.15) is 30.9 Å². The number of rotatable bonds is 8. The van der Waals surface area contributed by atoms with Crippen LogP contribution < -0.4 is 5.32 Å². The third-order valence-electron chi connectivity index (χ3n) is 3.09. The second-order valence-electron chi connectivity index (χ2n) is 4.84. The Hall–Kier alpha value is -1.06. The molecule has 0 heterocycles. The van der Waals surface area contributed by atoms with Gasteiger partial charge in [-0.05, 0) is 32.5 Å². The van der Waals surface area contributed by atoms with Crippen molar-refractivity contribution in [3.63, 3.8) is 0 Å². The first-order chi connectivity index (χ1) is 9.15. The van der Waals surface area contributed by atoms with Gasteiger partial charge in [0, 0.05) is 18.8 Å². The highest BCUT2D eigenvalue weighted by Crippen LogP contribution is 2.16. The van der Waals surface area contributed by atoms with E-state index >= 15 is 0 Å². The zero-order valence-electron chi connectivity index (χ0n) is 11.7. The van der Waals surface area contributed by atoms with Gasteiger partial charge in [-0.15, -0.1) is 11.6 Å². The maximum Gasteiger partial charge on any atom is 0.220 e. The molecule has 1 rings (SSSR count). The van der Waals surface area contributed by atoms with Crippen molar-refractivity contribution in [3.8, 4) is 0 Å². The van der Waals surface area contributed by atoms with Crippen LogP contribution in [0.3, 0.4) is 0 Å². The van der Waals surface area contributed by atoms with Crippen LogP contribution in [0.2, 0.25) is 0 Å². The summed E-state index contributed by atoms with van der Waals surface area (Å²) in [5.74, 6) is 0.727. The lowest BCUT2D eigenvalue weighted by molar-refractivity contribution is -0.121. The second kappa shape index (κ2) is 8.94. The number of hydrogen-bond donors (Lipinski definition) is 1. The van der Waals surface area contributed by atoms with Gasteiger partial charge in [-0.1, -0.05) is 30.3 Å². The molecular weight excluding hydrogens is 260 g/mol. The predicted octanol–water partition coefficient (Wildman–Crippen LogP) is 2.81. The van der Waals surface area contributed by atoms with E-state index in [0.717, 1.165) is 12.8 Å². The van der Waals surface area contributed by atoms with E-state index in [1.54, 1.807) is 0 Å². The molecule has 1 amide bonds. The van der Waals surface area contributed by atoms with Gasteiger partial charge in [0.25, 0.3) is 0 Å². The predicted molar refractivity (Wildman–Crippen MR) is 80.5 cm³/mol. The Morgan fingerprint density at radius 1 is 1.26 bits per heavy atom. The smallest absolute Gasteiger partial charge is 0.220 e. The van der Waals surface area contributed by atoms with Gasteiger partial charge in [-0.2, -0.15) is 0 Å². The van der Waals surface area contributed by atoms with Crippen molar-refractivity contribution in [1.82, 2.24) is 10.2 Å². The SMILES string of the molecule is CN(C)C(CNC(=O)CCCCCl)c1ccccc1. The number of benzene rings is 1. The molecule has 106 valence electrons. The van der Waals surface area contributed by atoms with Crippen LogP contribution in [0.5, 0.6) is 0 Å². The van der Waals surface area contributed by atoms with E-state index in [2.05, 4.69) is 22.3 Å². The molecule has 1 aromatic rings. The minimum Gasteiger partial charge on any atom is -0.354 e. The van der Waals surface area contributed by atoms with Crippen molar-refractivity contribution < 1.29 is 4.79 Å². The summed E-state index contributed by atoms with van der Waals surface area (Å²) in [7, 11) is 4.05. The Morgan fingerprint density at radius 3 is 2.53 bits per heavy atom. The molecule has 0 aliphatic carbocycles. The summed E-state index contributed by atoms with van der Waals surface area (Å²) in [6, 6.07) is 10.4. The summed E-state index contributed by atoms with van der Waals surface area (Å²) >= 11 is 5.60. The maximum absolute atomic E-state index is 11.7. The fourth-order valence-corrected chi connectivity index (χ4v) is 2.14. The van der Waals surface area contributed by atoms with Crippen LogP contribution in [-0.4, -0.2) is 37.3 Å². The average molecular weight is 283 g/mol. The molecule has 1 unspecified atom stereocenters. The number of unbranched alkanes of at least 4 members (excludes halogenated alkanes) is 1. The van der Waals surface area contributed by atoms with Gasteiger partial charge in [0.05, 0.1) is 6.04 Å². The molecule has 1 aromatic carbocycles. The molecule has 4 heteroatoms. The first-order valence-electron chi connectivity index (χ1n) is 6.69. The lowest BCUT2D eigenvalue weighted by Crippen LogP contribution is -2.34. The van der Waals surface area contributed by atoms with Gasteiger partial charge in [0.1, 0.15) is 0 Å². The van der Waals surface area contributed by atoms with Gasteiger partial charge in [-0.3, -0.25) is 4.79 Å². The van der Waals surface area contributed by atoms with E-state index in [0.29, 0.717) is 18.8 Å². The number of amides is 1. The quantitative estimate of drug-likeness (QED) is 0.587. The standard InChI is InChI=1S/C15H23ClN2O/c1-18(2)14(13-8-4-3-5-9-13)12-17-15(19)10-6-7-11-16/h3-5,8-9,14H,6-7,10-12H2,1-2H3,(H,17,19). The Kier molecular flexibility index (Phi) is 7.53. The van der Waals surface area contributed by atoms with E-state index in [9.17, 15) is 4.79 Å². The molecule has 0 saturated heterocycles. The Bertz CT molecular complexity index is 368. The highest BCUT2D eigenvalue weighted by atomic mass is 35.5. The molecule has 0 aliphatic rings. The summed E-state index contributed by atoms with van der Waals surface area (Å²) in [5, 5.41) is 3.00. The molecule has 19 heavy (non-hydrogen) atoms. The summed E-state index contributed by atoms with van der Waals surface area (Å²) in [4.78, 5) is 13.8. The zero-order chi connectivity index (χ0) is 14.1. The second-order valence-corrected chi connectivity index (χ2v) is 5.22. The number of carbonyl (C=O) groups is 1.